The van der Waals surface area contributed by atoms with Crippen LogP contribution in [0.5, 0.6) is 5.75 Å². The van der Waals surface area contributed by atoms with E-state index in [4.69, 9.17) is 4.74 Å². The molecule has 0 unspecified atom stereocenters. The van der Waals surface area contributed by atoms with Gasteiger partial charge < -0.3 is 4.74 Å². The van der Waals surface area contributed by atoms with Crippen molar-refractivity contribution in [2.24, 2.45) is 0 Å². The van der Waals surface area contributed by atoms with E-state index in [-0.39, 0.29) is 11.5 Å². The summed E-state index contributed by atoms with van der Waals surface area (Å²) in [4.78, 5) is 22.9. The van der Waals surface area contributed by atoms with Crippen molar-refractivity contribution in [2.45, 2.75) is 13.8 Å². The summed E-state index contributed by atoms with van der Waals surface area (Å²) in [6.45, 7) is 3.22. The third kappa shape index (κ3) is 2.48. The van der Waals surface area contributed by atoms with Crippen LogP contribution in [-0.4, -0.2) is 16.2 Å². The lowest BCUT2D eigenvalue weighted by Gasteiger charge is -2.09. The Hall–Kier alpha value is -2.95. The molecule has 0 aliphatic heterocycles. The summed E-state index contributed by atoms with van der Waals surface area (Å²) >= 11 is 0. The highest BCUT2D eigenvalue weighted by molar-refractivity contribution is 5.93. The second kappa shape index (κ2) is 5.44. The average Bonchev–Trinajstić information content (AvgIpc) is 2.50. The maximum Gasteiger partial charge on any atom is 0.308 e. The van der Waals surface area contributed by atoms with Gasteiger partial charge in [-0.05, 0) is 36.8 Å². The van der Waals surface area contributed by atoms with Gasteiger partial charge in [0, 0.05) is 17.9 Å². The maximum atomic E-state index is 11.8. The molecule has 1 heterocycles. The van der Waals surface area contributed by atoms with E-state index in [2.05, 4.69) is 10.2 Å². The fourth-order valence-electron chi connectivity index (χ4n) is 2.40. The Morgan fingerprint density at radius 2 is 1.86 bits per heavy atom. The first-order valence-corrected chi connectivity index (χ1v) is 6.83. The Bertz CT molecular complexity index is 929. The molecule has 5 nitrogen and oxygen atoms in total. The molecule has 0 aliphatic carbocycles. The summed E-state index contributed by atoms with van der Waals surface area (Å²) in [5.74, 6) is 0.161. The van der Waals surface area contributed by atoms with Crippen molar-refractivity contribution in [3.8, 4) is 17.0 Å². The highest BCUT2D eigenvalue weighted by atomic mass is 16.5. The summed E-state index contributed by atoms with van der Waals surface area (Å²) in [7, 11) is 0. The van der Waals surface area contributed by atoms with E-state index in [0.29, 0.717) is 16.8 Å². The molecule has 0 aliphatic rings. The van der Waals surface area contributed by atoms with Gasteiger partial charge in [-0.1, -0.05) is 18.2 Å². The highest BCUT2D eigenvalue weighted by Crippen LogP contribution is 2.28. The lowest BCUT2D eigenvalue weighted by atomic mass is 10.0. The summed E-state index contributed by atoms with van der Waals surface area (Å²) in [5, 5.41) is 8.05. The number of carbonyl (C=O) groups is 1. The van der Waals surface area contributed by atoms with Crippen LogP contribution in [0.15, 0.2) is 47.3 Å². The molecule has 110 valence electrons. The van der Waals surface area contributed by atoms with Crippen LogP contribution in [0.25, 0.3) is 22.0 Å². The third-order valence-electron chi connectivity index (χ3n) is 3.40. The van der Waals surface area contributed by atoms with Gasteiger partial charge in [-0.15, -0.1) is 0 Å². The molecule has 1 aromatic heterocycles. The molecule has 0 amide bonds. The van der Waals surface area contributed by atoms with Crippen LogP contribution >= 0.6 is 0 Å². The largest absolute Gasteiger partial charge is 0.426 e. The number of aromatic nitrogens is 2. The molecule has 1 N–H and O–H groups in total. The summed E-state index contributed by atoms with van der Waals surface area (Å²) in [6.07, 6.45) is 0. The molecule has 3 aromatic rings. The molecule has 0 spiro atoms. The summed E-state index contributed by atoms with van der Waals surface area (Å²) < 4.78 is 5.13. The smallest absolute Gasteiger partial charge is 0.308 e. The van der Waals surface area contributed by atoms with Gasteiger partial charge in [0.05, 0.1) is 11.1 Å². The van der Waals surface area contributed by atoms with E-state index >= 15 is 0 Å². The zero-order valence-electron chi connectivity index (χ0n) is 12.2. The Kier molecular flexibility index (Phi) is 3.47. The molecule has 0 fully saturated rings. The number of hydrogen-bond donors (Lipinski definition) is 1. The van der Waals surface area contributed by atoms with Crippen molar-refractivity contribution in [2.75, 3.05) is 0 Å². The summed E-state index contributed by atoms with van der Waals surface area (Å²) in [5.41, 5.74) is 2.14. The van der Waals surface area contributed by atoms with Gasteiger partial charge in [-0.2, -0.15) is 5.10 Å². The molecule has 0 radical (unpaired) electrons. The molecule has 0 saturated heterocycles. The van der Waals surface area contributed by atoms with Crippen LogP contribution in [0.3, 0.4) is 0 Å². The topological polar surface area (TPSA) is 72.0 Å². The molecule has 0 bridgehead atoms. The van der Waals surface area contributed by atoms with Crippen LogP contribution < -0.4 is 10.3 Å². The number of nitrogens with one attached hydrogen (secondary N) is 1. The Morgan fingerprint density at radius 1 is 1.14 bits per heavy atom. The zero-order valence-corrected chi connectivity index (χ0v) is 12.2. The quantitative estimate of drug-likeness (QED) is 0.582. The molecule has 5 heteroatoms. The van der Waals surface area contributed by atoms with Gasteiger partial charge in [0.15, 0.2) is 0 Å². The standard InChI is InChI=1S/C17H14N2O3/c1-10-9-12(7-8-15(10)22-11(2)20)16-13-5-3-4-6-14(13)17(21)19-18-16/h3-9H,1-2H3,(H,19,21). The van der Waals surface area contributed by atoms with Crippen LogP contribution in [0.1, 0.15) is 12.5 Å². The predicted molar refractivity (Wildman–Crippen MR) is 83.8 cm³/mol. The summed E-state index contributed by atoms with van der Waals surface area (Å²) in [6, 6.07) is 12.7. The fourth-order valence-corrected chi connectivity index (χ4v) is 2.40. The number of nitrogens with zero attached hydrogens (tertiary/aromatic N) is 1. The van der Waals surface area contributed by atoms with Crippen molar-refractivity contribution in [1.82, 2.24) is 10.2 Å². The van der Waals surface area contributed by atoms with Crippen molar-refractivity contribution in [3.63, 3.8) is 0 Å². The van der Waals surface area contributed by atoms with Crippen LogP contribution in [0.2, 0.25) is 0 Å². The minimum atomic E-state index is -0.358. The first kappa shape index (κ1) is 14.0. The maximum absolute atomic E-state index is 11.8. The number of aromatic amines is 1. The molecule has 22 heavy (non-hydrogen) atoms. The number of rotatable bonds is 2. The average molecular weight is 294 g/mol. The van der Waals surface area contributed by atoms with E-state index in [1.54, 1.807) is 12.1 Å². The van der Waals surface area contributed by atoms with Crippen molar-refractivity contribution >= 4 is 16.7 Å². The number of benzene rings is 2. The normalized spacial score (nSPS) is 10.6. The Balaban J connectivity index is 2.16. The van der Waals surface area contributed by atoms with Crippen LogP contribution in [-0.2, 0) is 4.79 Å². The second-order valence-corrected chi connectivity index (χ2v) is 5.02. The molecular formula is C17H14N2O3. The fraction of sp³-hybridized carbons (Fsp3) is 0.118. The Morgan fingerprint density at radius 3 is 2.55 bits per heavy atom. The minimum Gasteiger partial charge on any atom is -0.426 e. The predicted octanol–water partition coefficient (Wildman–Crippen LogP) is 2.82. The van der Waals surface area contributed by atoms with Crippen molar-refractivity contribution in [3.05, 3.63) is 58.4 Å². The number of ether oxygens (including phenoxy) is 1. The van der Waals surface area contributed by atoms with E-state index in [9.17, 15) is 9.59 Å². The van der Waals surface area contributed by atoms with E-state index < -0.39 is 0 Å². The number of carbonyl (C=O) groups excluding carboxylic acids is 1. The first-order valence-electron chi connectivity index (χ1n) is 6.83. The van der Waals surface area contributed by atoms with Gasteiger partial charge in [0.25, 0.3) is 5.56 Å². The van der Waals surface area contributed by atoms with Gasteiger partial charge in [-0.25, -0.2) is 5.10 Å². The molecular weight excluding hydrogens is 280 g/mol. The lowest BCUT2D eigenvalue weighted by Crippen LogP contribution is -2.09. The molecule has 3 rings (SSSR count). The van der Waals surface area contributed by atoms with E-state index in [1.807, 2.05) is 37.3 Å². The zero-order chi connectivity index (χ0) is 15.7. The van der Waals surface area contributed by atoms with E-state index in [0.717, 1.165) is 16.5 Å². The third-order valence-corrected chi connectivity index (χ3v) is 3.40. The van der Waals surface area contributed by atoms with Crippen molar-refractivity contribution in [1.29, 1.82) is 0 Å². The molecule has 0 atom stereocenters. The van der Waals surface area contributed by atoms with Gasteiger partial charge in [0.2, 0.25) is 0 Å². The number of esters is 1. The van der Waals surface area contributed by atoms with E-state index in [1.165, 1.54) is 6.92 Å². The van der Waals surface area contributed by atoms with Crippen molar-refractivity contribution < 1.29 is 9.53 Å². The SMILES string of the molecule is CC(=O)Oc1ccc(-c2n[nH]c(=O)c3ccccc23)cc1C. The lowest BCUT2D eigenvalue weighted by molar-refractivity contribution is -0.131. The second-order valence-electron chi connectivity index (χ2n) is 5.02. The van der Waals surface area contributed by atoms with Gasteiger partial charge in [-0.3, -0.25) is 9.59 Å². The number of fused-ring (bicyclic) bond motifs is 1. The van der Waals surface area contributed by atoms with Gasteiger partial charge in [0.1, 0.15) is 5.75 Å². The van der Waals surface area contributed by atoms with Crippen LogP contribution in [0.4, 0.5) is 0 Å². The number of H-pyrrole nitrogens is 1. The number of hydrogen-bond acceptors (Lipinski definition) is 4. The van der Waals surface area contributed by atoms with Crippen LogP contribution in [0, 0.1) is 6.92 Å². The highest BCUT2D eigenvalue weighted by Gasteiger charge is 2.10. The number of aryl methyl sites for hydroxylation is 1. The monoisotopic (exact) mass is 294 g/mol. The van der Waals surface area contributed by atoms with Gasteiger partial charge >= 0.3 is 5.97 Å². The molecule has 0 saturated carbocycles. The molecule has 2 aromatic carbocycles. The first-order chi connectivity index (χ1) is 10.6. The minimum absolute atomic E-state index is 0.215. The Labute approximate surface area is 126 Å².